The maximum Gasteiger partial charge on any atom is 0.255 e. The highest BCUT2D eigenvalue weighted by Gasteiger charge is 2.27. The molecule has 0 saturated carbocycles. The Kier molecular flexibility index (Phi) is 10.2. The van der Waals surface area contributed by atoms with Crippen molar-refractivity contribution in [3.8, 4) is 23.0 Å². The summed E-state index contributed by atoms with van der Waals surface area (Å²) in [6.45, 7) is 8.51. The van der Waals surface area contributed by atoms with Crippen LogP contribution in [0, 0.1) is 12.8 Å². The highest BCUT2D eigenvalue weighted by molar-refractivity contribution is 5.97. The van der Waals surface area contributed by atoms with E-state index in [9.17, 15) is 14.4 Å². The molecule has 3 amide bonds. The van der Waals surface area contributed by atoms with Gasteiger partial charge in [0, 0.05) is 31.4 Å². The Bertz CT molecular complexity index is 1500. The van der Waals surface area contributed by atoms with Crippen molar-refractivity contribution in [2.75, 3.05) is 58.0 Å². The number of aromatic nitrogens is 2. The van der Waals surface area contributed by atoms with Gasteiger partial charge in [0.2, 0.25) is 17.7 Å². The number of nitrogens with one attached hydrogen (secondary N) is 2. The van der Waals surface area contributed by atoms with E-state index in [-0.39, 0.29) is 44.0 Å². The van der Waals surface area contributed by atoms with Crippen LogP contribution in [0.25, 0.3) is 11.5 Å². The van der Waals surface area contributed by atoms with E-state index in [0.29, 0.717) is 59.6 Å². The second kappa shape index (κ2) is 14.4. The molecular formula is C32H40N6O7. The van der Waals surface area contributed by atoms with Gasteiger partial charge in [-0.15, -0.1) is 0 Å². The first-order valence-electron chi connectivity index (χ1n) is 15.2. The number of anilines is 1. The number of amides is 3. The summed E-state index contributed by atoms with van der Waals surface area (Å²) in [5.74, 6) is 1.36. The van der Waals surface area contributed by atoms with E-state index in [1.165, 1.54) is 11.1 Å². The number of fused-ring (bicyclic) bond motifs is 5. The van der Waals surface area contributed by atoms with Gasteiger partial charge < -0.3 is 39.1 Å². The van der Waals surface area contributed by atoms with Gasteiger partial charge in [-0.3, -0.25) is 14.4 Å². The number of carbonyl (C=O) groups excluding carboxylic acids is 3. The van der Waals surface area contributed by atoms with Crippen molar-refractivity contribution < 1.29 is 33.0 Å². The van der Waals surface area contributed by atoms with Gasteiger partial charge in [0.25, 0.3) is 5.91 Å². The predicted octanol–water partition coefficient (Wildman–Crippen LogP) is 2.57. The first-order valence-corrected chi connectivity index (χ1v) is 15.2. The first kappa shape index (κ1) is 31.8. The average molecular weight is 621 g/mol. The summed E-state index contributed by atoms with van der Waals surface area (Å²) >= 11 is 0. The molecule has 5 rings (SSSR count). The summed E-state index contributed by atoms with van der Waals surface area (Å²) in [5, 5.41) is 5.69. The van der Waals surface area contributed by atoms with Crippen LogP contribution in [0.3, 0.4) is 0 Å². The predicted molar refractivity (Wildman–Crippen MR) is 165 cm³/mol. The third-order valence-corrected chi connectivity index (χ3v) is 7.78. The highest BCUT2D eigenvalue weighted by atomic mass is 16.5. The van der Waals surface area contributed by atoms with Gasteiger partial charge in [0.1, 0.15) is 23.3 Å². The van der Waals surface area contributed by atoms with Gasteiger partial charge in [-0.2, -0.15) is 0 Å². The number of pyridine rings is 1. The SMILES string of the molecule is COc1ccc2cc1OCCCN(C(=O)c1ccc(N3CCOCC3)nc1)CC(=O)N[C@@H](C(C)C)C(=O)NCc1nc-2oc1C. The number of methoxy groups -OCH3 is 1. The van der Waals surface area contributed by atoms with Crippen LogP contribution in [0.15, 0.2) is 40.9 Å². The lowest BCUT2D eigenvalue weighted by atomic mass is 10.0. The second-order valence-electron chi connectivity index (χ2n) is 11.3. The number of morpholine rings is 1. The Labute approximate surface area is 262 Å². The Morgan fingerprint density at radius 2 is 1.89 bits per heavy atom. The maximum atomic E-state index is 13.7. The fraction of sp³-hybridized carbons (Fsp3) is 0.469. The molecule has 1 atom stereocenters. The van der Waals surface area contributed by atoms with Gasteiger partial charge in [0.05, 0.1) is 45.6 Å². The van der Waals surface area contributed by atoms with Crippen molar-refractivity contribution in [2.45, 2.75) is 39.8 Å². The third kappa shape index (κ3) is 7.72. The first-order chi connectivity index (χ1) is 21.7. The van der Waals surface area contributed by atoms with Crippen molar-refractivity contribution >= 4 is 23.5 Å². The summed E-state index contributed by atoms with van der Waals surface area (Å²) in [6, 6.07) is 8.08. The average Bonchev–Trinajstić information content (AvgIpc) is 3.43. The van der Waals surface area contributed by atoms with E-state index in [2.05, 4.69) is 25.5 Å². The third-order valence-electron chi connectivity index (χ3n) is 7.78. The van der Waals surface area contributed by atoms with E-state index in [1.54, 1.807) is 38.3 Å². The van der Waals surface area contributed by atoms with Crippen molar-refractivity contribution in [2.24, 2.45) is 5.92 Å². The molecule has 13 heteroatoms. The molecule has 0 aliphatic carbocycles. The standard InChI is InChI=1S/C32H40N6O7/c1-20(2)29-30(40)34-18-24-21(3)45-31(35-24)22-6-8-25(42-4)26(16-22)44-13-5-10-38(19-28(39)36-29)32(41)23-7-9-27(33-17-23)37-11-14-43-15-12-37/h6-9,16-17,20,29H,5,10-15,18-19H2,1-4H3,(H,34,40)(H,36,39)/t29-/m0/s1. The van der Waals surface area contributed by atoms with Crippen LogP contribution in [0.4, 0.5) is 5.82 Å². The van der Waals surface area contributed by atoms with E-state index in [1.807, 2.05) is 19.9 Å². The van der Waals surface area contributed by atoms with Gasteiger partial charge in [-0.1, -0.05) is 13.8 Å². The monoisotopic (exact) mass is 620 g/mol. The normalized spacial score (nSPS) is 18.4. The Balaban J connectivity index is 1.39. The number of aryl methyl sites for hydroxylation is 1. The summed E-state index contributed by atoms with van der Waals surface area (Å²) in [5.41, 5.74) is 1.61. The van der Waals surface area contributed by atoms with Crippen LogP contribution in [0.5, 0.6) is 11.5 Å². The molecule has 1 aromatic carbocycles. The minimum atomic E-state index is -0.818. The second-order valence-corrected chi connectivity index (χ2v) is 11.3. The smallest absolute Gasteiger partial charge is 0.255 e. The zero-order chi connectivity index (χ0) is 31.9. The molecule has 45 heavy (non-hydrogen) atoms. The number of ether oxygens (including phenoxy) is 3. The number of hydrogen-bond acceptors (Lipinski definition) is 10. The molecule has 2 N–H and O–H groups in total. The number of oxazole rings is 1. The Morgan fingerprint density at radius 3 is 2.60 bits per heavy atom. The van der Waals surface area contributed by atoms with E-state index in [4.69, 9.17) is 18.6 Å². The van der Waals surface area contributed by atoms with Crippen LogP contribution < -0.4 is 25.0 Å². The lowest BCUT2D eigenvalue weighted by molar-refractivity contribution is -0.130. The molecule has 1 saturated heterocycles. The molecule has 13 nitrogen and oxygen atoms in total. The zero-order valence-electron chi connectivity index (χ0n) is 26.1. The van der Waals surface area contributed by atoms with Crippen LogP contribution >= 0.6 is 0 Å². The quantitative estimate of drug-likeness (QED) is 0.446. The molecule has 2 aliphatic heterocycles. The number of carbonyl (C=O) groups is 3. The van der Waals surface area contributed by atoms with Gasteiger partial charge in [0.15, 0.2) is 11.5 Å². The van der Waals surface area contributed by atoms with Gasteiger partial charge in [-0.25, -0.2) is 9.97 Å². The molecule has 4 heterocycles. The molecule has 2 aliphatic rings. The fourth-order valence-electron chi connectivity index (χ4n) is 5.21. The lowest BCUT2D eigenvalue weighted by Crippen LogP contribution is -2.52. The molecule has 240 valence electrons. The van der Waals surface area contributed by atoms with Crippen LogP contribution in [0.1, 0.15) is 42.1 Å². The van der Waals surface area contributed by atoms with Crippen molar-refractivity contribution in [1.82, 2.24) is 25.5 Å². The largest absolute Gasteiger partial charge is 0.493 e. The van der Waals surface area contributed by atoms with Crippen molar-refractivity contribution in [3.05, 3.63) is 53.5 Å². The summed E-state index contributed by atoms with van der Waals surface area (Å²) in [7, 11) is 1.55. The summed E-state index contributed by atoms with van der Waals surface area (Å²) in [6.07, 6.45) is 1.95. The highest BCUT2D eigenvalue weighted by Crippen LogP contribution is 2.33. The minimum Gasteiger partial charge on any atom is -0.493 e. The molecule has 3 aromatic rings. The number of nitrogens with zero attached hydrogens (tertiary/aromatic N) is 4. The summed E-state index contributed by atoms with van der Waals surface area (Å²) < 4.78 is 22.9. The molecule has 0 spiro atoms. The molecule has 2 aromatic heterocycles. The topological polar surface area (TPSA) is 148 Å². The van der Waals surface area contributed by atoms with Gasteiger partial charge in [-0.05, 0) is 49.6 Å². The Morgan fingerprint density at radius 1 is 1.09 bits per heavy atom. The van der Waals surface area contributed by atoms with E-state index in [0.717, 1.165) is 18.9 Å². The number of hydrogen-bond donors (Lipinski definition) is 2. The molecule has 1 fully saturated rings. The molecular weight excluding hydrogens is 580 g/mol. The summed E-state index contributed by atoms with van der Waals surface area (Å²) in [4.78, 5) is 52.9. The molecule has 4 bridgehead atoms. The van der Waals surface area contributed by atoms with Crippen LogP contribution in [-0.2, 0) is 20.9 Å². The number of benzene rings is 1. The zero-order valence-corrected chi connectivity index (χ0v) is 26.1. The minimum absolute atomic E-state index is 0.116. The number of rotatable bonds is 4. The van der Waals surface area contributed by atoms with Crippen molar-refractivity contribution in [1.29, 1.82) is 0 Å². The molecule has 0 unspecified atom stereocenters. The maximum absolute atomic E-state index is 13.7. The Hall–Kier alpha value is -4.65. The van der Waals surface area contributed by atoms with E-state index >= 15 is 0 Å². The van der Waals surface area contributed by atoms with E-state index < -0.39 is 11.9 Å². The molecule has 0 radical (unpaired) electrons. The van der Waals surface area contributed by atoms with Crippen LogP contribution in [0.2, 0.25) is 0 Å². The fourth-order valence-corrected chi connectivity index (χ4v) is 5.21. The lowest BCUT2D eigenvalue weighted by Gasteiger charge is -2.28. The van der Waals surface area contributed by atoms with Crippen molar-refractivity contribution in [3.63, 3.8) is 0 Å². The van der Waals surface area contributed by atoms with Gasteiger partial charge >= 0.3 is 0 Å². The van der Waals surface area contributed by atoms with Crippen LogP contribution in [-0.4, -0.2) is 91.7 Å².